The molecule has 2 aliphatic rings. The molecule has 9 nitrogen and oxygen atoms in total. The van der Waals surface area contributed by atoms with E-state index in [9.17, 15) is 23.2 Å². The lowest BCUT2D eigenvalue weighted by molar-refractivity contribution is -0.138. The maximum atomic E-state index is 14.4. The number of hydrogen-bond acceptors (Lipinski definition) is 7. The summed E-state index contributed by atoms with van der Waals surface area (Å²) in [5, 5.41) is 20.9. The molecule has 0 saturated carbocycles. The lowest BCUT2D eigenvalue weighted by Crippen LogP contribution is -2.33. The summed E-state index contributed by atoms with van der Waals surface area (Å²) < 4.78 is 45.1. The molecule has 0 radical (unpaired) electrons. The van der Waals surface area contributed by atoms with Crippen molar-refractivity contribution in [3.63, 3.8) is 0 Å². The maximum absolute atomic E-state index is 14.4. The van der Waals surface area contributed by atoms with E-state index in [0.29, 0.717) is 64.3 Å². The summed E-state index contributed by atoms with van der Waals surface area (Å²) in [5.41, 5.74) is 2.29. The normalized spacial score (nSPS) is 17.0. The molecular formula is C33H33F3N8O. The molecule has 12 heteroatoms. The third kappa shape index (κ3) is 6.00. The van der Waals surface area contributed by atoms with Crippen LogP contribution in [0.4, 0.5) is 24.7 Å². The average Bonchev–Trinajstić information content (AvgIpc) is 3.58. The second-order valence-corrected chi connectivity index (χ2v) is 11.8. The monoisotopic (exact) mass is 614 g/mol. The van der Waals surface area contributed by atoms with Crippen LogP contribution >= 0.6 is 0 Å². The van der Waals surface area contributed by atoms with Crippen LogP contribution in [0.5, 0.6) is 0 Å². The number of benzene rings is 2. The number of carbonyl (C=O) groups excluding carboxylic acids is 1. The van der Waals surface area contributed by atoms with Crippen LogP contribution in [0, 0.1) is 17.2 Å². The molecule has 232 valence electrons. The summed E-state index contributed by atoms with van der Waals surface area (Å²) >= 11 is 0. The number of aromatic nitrogens is 4. The number of piperidine rings is 1. The minimum absolute atomic E-state index is 0.0234. The zero-order valence-electron chi connectivity index (χ0n) is 25.3. The molecule has 6 rings (SSSR count). The van der Waals surface area contributed by atoms with E-state index in [1.807, 2.05) is 6.92 Å². The molecule has 1 amide bonds. The van der Waals surface area contributed by atoms with Crippen LogP contribution in [0.1, 0.15) is 59.3 Å². The summed E-state index contributed by atoms with van der Waals surface area (Å²) in [6, 6.07) is 13.4. The van der Waals surface area contributed by atoms with E-state index in [1.54, 1.807) is 54.3 Å². The third-order valence-corrected chi connectivity index (χ3v) is 8.41. The fourth-order valence-corrected chi connectivity index (χ4v) is 6.34. The summed E-state index contributed by atoms with van der Waals surface area (Å²) in [4.78, 5) is 22.2. The maximum Gasteiger partial charge on any atom is 0.416 e. The van der Waals surface area contributed by atoms with E-state index in [-0.39, 0.29) is 17.7 Å². The summed E-state index contributed by atoms with van der Waals surface area (Å²) in [5.74, 6) is 0.953. The predicted octanol–water partition coefficient (Wildman–Crippen LogP) is 6.26. The quantitative estimate of drug-likeness (QED) is 0.262. The highest BCUT2D eigenvalue weighted by Gasteiger charge is 2.41. The molecule has 1 saturated heterocycles. The largest absolute Gasteiger partial charge is 0.416 e. The molecule has 0 unspecified atom stereocenters. The van der Waals surface area contributed by atoms with Gasteiger partial charge in [0.15, 0.2) is 5.82 Å². The molecular weight excluding hydrogens is 581 g/mol. The van der Waals surface area contributed by atoms with Gasteiger partial charge in [-0.1, -0.05) is 13.0 Å². The Labute approximate surface area is 259 Å². The van der Waals surface area contributed by atoms with Crippen LogP contribution < -0.4 is 10.2 Å². The van der Waals surface area contributed by atoms with Gasteiger partial charge >= 0.3 is 6.18 Å². The number of amides is 1. The van der Waals surface area contributed by atoms with Crippen molar-refractivity contribution < 1.29 is 18.0 Å². The van der Waals surface area contributed by atoms with Crippen LogP contribution in [-0.2, 0) is 26.3 Å². The van der Waals surface area contributed by atoms with E-state index in [4.69, 9.17) is 4.98 Å². The molecule has 2 aromatic carbocycles. The number of fused-ring (bicyclic) bond motifs is 1. The molecule has 0 bridgehead atoms. The Bertz CT molecular complexity index is 1810. The molecule has 1 N–H and O–H groups in total. The van der Waals surface area contributed by atoms with Gasteiger partial charge in [0.05, 0.1) is 35.1 Å². The van der Waals surface area contributed by atoms with Gasteiger partial charge in [-0.2, -0.15) is 18.4 Å². The van der Waals surface area contributed by atoms with Crippen molar-refractivity contribution in [2.45, 2.75) is 46.0 Å². The first kappa shape index (κ1) is 30.3. The van der Waals surface area contributed by atoms with Crippen molar-refractivity contribution in [2.24, 2.45) is 13.0 Å². The van der Waals surface area contributed by atoms with Crippen molar-refractivity contribution in [3.8, 4) is 28.7 Å². The highest BCUT2D eigenvalue weighted by molar-refractivity contribution is 6.11. The van der Waals surface area contributed by atoms with Crippen molar-refractivity contribution in [3.05, 3.63) is 76.6 Å². The summed E-state index contributed by atoms with van der Waals surface area (Å²) in [6.07, 6.45) is -0.962. The number of nitrogens with zero attached hydrogens (tertiary/aromatic N) is 7. The first-order valence-electron chi connectivity index (χ1n) is 15.0. The van der Waals surface area contributed by atoms with E-state index in [2.05, 4.69) is 33.4 Å². The van der Waals surface area contributed by atoms with E-state index >= 15 is 0 Å². The van der Waals surface area contributed by atoms with Gasteiger partial charge in [0, 0.05) is 49.4 Å². The van der Waals surface area contributed by atoms with Crippen LogP contribution in [0.3, 0.4) is 0 Å². The lowest BCUT2D eigenvalue weighted by atomic mass is 9.96. The second kappa shape index (κ2) is 12.0. The van der Waals surface area contributed by atoms with Crippen LogP contribution in [0.15, 0.2) is 48.8 Å². The van der Waals surface area contributed by atoms with Gasteiger partial charge in [0.2, 0.25) is 0 Å². The standard InChI is InChI=1S/C33H33F3N8O/c1-4-38-30-14-23(13-29(40-30)24-8-7-21(15-37)10-25(24)31-41-39-19-42(31)3)44-18-27-26(32(44)45)11-22(12-28(27)33(34,35)36)17-43-9-5-6-20(2)16-43/h7-8,10-14,19-20H,4-6,9,16-18H2,1-3H3,(H,38,40)/t20-/m0/s1. The third-order valence-electron chi connectivity index (χ3n) is 8.41. The van der Waals surface area contributed by atoms with Gasteiger partial charge in [-0.05, 0) is 73.7 Å². The van der Waals surface area contributed by atoms with Crippen molar-refractivity contribution >= 4 is 17.4 Å². The fraction of sp³-hybridized carbons (Fsp3) is 0.364. The first-order valence-corrected chi connectivity index (χ1v) is 15.0. The number of alkyl halides is 3. The number of aryl methyl sites for hydroxylation is 1. The minimum Gasteiger partial charge on any atom is -0.370 e. The van der Waals surface area contributed by atoms with Crippen molar-refractivity contribution in [2.75, 3.05) is 29.9 Å². The smallest absolute Gasteiger partial charge is 0.370 e. The van der Waals surface area contributed by atoms with Crippen LogP contribution in [0.25, 0.3) is 22.6 Å². The number of nitriles is 1. The fourth-order valence-electron chi connectivity index (χ4n) is 6.34. The molecule has 1 fully saturated rings. The molecule has 4 aromatic rings. The highest BCUT2D eigenvalue weighted by atomic mass is 19.4. The van der Waals surface area contributed by atoms with Crippen molar-refractivity contribution in [1.82, 2.24) is 24.6 Å². The Hall–Kier alpha value is -4.76. The molecule has 0 spiro atoms. The van der Waals surface area contributed by atoms with Crippen LogP contribution in [-0.4, -0.2) is 50.2 Å². The predicted molar refractivity (Wildman–Crippen MR) is 164 cm³/mol. The molecule has 2 aliphatic heterocycles. The van der Waals surface area contributed by atoms with Crippen LogP contribution in [0.2, 0.25) is 0 Å². The van der Waals surface area contributed by atoms with Gasteiger partial charge in [-0.3, -0.25) is 9.69 Å². The Balaban J connectivity index is 1.42. The topological polar surface area (TPSA) is 103 Å². The number of anilines is 2. The number of rotatable bonds is 7. The van der Waals surface area contributed by atoms with E-state index in [0.717, 1.165) is 25.9 Å². The van der Waals surface area contributed by atoms with Gasteiger partial charge in [-0.15, -0.1) is 10.2 Å². The Morgan fingerprint density at radius 2 is 1.93 bits per heavy atom. The lowest BCUT2D eigenvalue weighted by Gasteiger charge is -2.31. The molecule has 1 atom stereocenters. The van der Waals surface area contributed by atoms with Gasteiger partial charge in [0.1, 0.15) is 12.1 Å². The highest BCUT2D eigenvalue weighted by Crippen LogP contribution is 2.41. The van der Waals surface area contributed by atoms with Gasteiger partial charge in [-0.25, -0.2) is 4.98 Å². The Morgan fingerprint density at radius 3 is 2.62 bits per heavy atom. The molecule has 2 aromatic heterocycles. The zero-order valence-corrected chi connectivity index (χ0v) is 25.3. The molecule has 4 heterocycles. The second-order valence-electron chi connectivity index (χ2n) is 11.8. The Kier molecular flexibility index (Phi) is 8.05. The van der Waals surface area contributed by atoms with E-state index in [1.165, 1.54) is 11.0 Å². The number of halogens is 3. The Morgan fingerprint density at radius 1 is 1.11 bits per heavy atom. The van der Waals surface area contributed by atoms with Gasteiger partial charge < -0.3 is 14.8 Å². The summed E-state index contributed by atoms with van der Waals surface area (Å²) in [6.45, 7) is 6.36. The number of likely N-dealkylation sites (tertiary alicyclic amines) is 1. The van der Waals surface area contributed by atoms with E-state index < -0.39 is 17.6 Å². The summed E-state index contributed by atoms with van der Waals surface area (Å²) in [7, 11) is 1.78. The zero-order chi connectivity index (χ0) is 31.9. The van der Waals surface area contributed by atoms with Crippen molar-refractivity contribution in [1.29, 1.82) is 5.26 Å². The first-order chi connectivity index (χ1) is 21.5. The minimum atomic E-state index is -4.61. The SMILES string of the molecule is CCNc1cc(N2Cc3c(cc(CN4CCC[C@H](C)C4)cc3C(F)(F)F)C2=O)cc(-c2ccc(C#N)cc2-c2nncn2C)n1. The number of pyridine rings is 1. The number of carbonyl (C=O) groups is 1. The average molecular weight is 615 g/mol. The molecule has 0 aliphatic carbocycles. The number of hydrogen-bond donors (Lipinski definition) is 1. The number of nitrogens with one attached hydrogen (secondary N) is 1. The van der Waals surface area contributed by atoms with Gasteiger partial charge in [0.25, 0.3) is 5.91 Å². The molecule has 45 heavy (non-hydrogen) atoms.